The lowest BCUT2D eigenvalue weighted by Gasteiger charge is -2.05. The highest BCUT2D eigenvalue weighted by Gasteiger charge is 2.17. The van der Waals surface area contributed by atoms with E-state index in [0.29, 0.717) is 10.6 Å². The molecule has 1 heterocycles. The summed E-state index contributed by atoms with van der Waals surface area (Å²) in [7, 11) is -2.05. The van der Waals surface area contributed by atoms with Gasteiger partial charge >= 0.3 is 0 Å². The predicted octanol–water partition coefficient (Wildman–Crippen LogP) is 3.93. The number of rotatable bonds is 9. The van der Waals surface area contributed by atoms with Crippen LogP contribution in [0.3, 0.4) is 0 Å². The fourth-order valence-corrected chi connectivity index (χ4v) is 5.84. The van der Waals surface area contributed by atoms with Crippen LogP contribution in [0.25, 0.3) is 10.2 Å². The van der Waals surface area contributed by atoms with Crippen LogP contribution in [-0.2, 0) is 27.6 Å². The van der Waals surface area contributed by atoms with Crippen LogP contribution >= 0.6 is 23.1 Å². The number of amides is 1. The minimum atomic E-state index is -3.57. The van der Waals surface area contributed by atoms with E-state index in [1.807, 2.05) is 10.8 Å². The van der Waals surface area contributed by atoms with Gasteiger partial charge in [-0.2, -0.15) is 16.8 Å². The minimum absolute atomic E-state index is 0.161. The number of carbonyl (C=O) groups is 1. The summed E-state index contributed by atoms with van der Waals surface area (Å²) in [5, 5.41) is 0. The van der Waals surface area contributed by atoms with Gasteiger partial charge in [0.05, 0.1) is 28.0 Å². The van der Waals surface area contributed by atoms with Crippen molar-refractivity contribution >= 4 is 49.1 Å². The van der Waals surface area contributed by atoms with Crippen molar-refractivity contribution in [1.82, 2.24) is 4.57 Å². The summed E-state index contributed by atoms with van der Waals surface area (Å²) in [6.45, 7) is 2.84. The fraction of sp³-hybridized carbons (Fsp3) is 0.364. The molecule has 0 radical (unpaired) electrons. The van der Waals surface area contributed by atoms with Gasteiger partial charge in [0.15, 0.2) is 14.6 Å². The van der Waals surface area contributed by atoms with Crippen LogP contribution in [0.2, 0.25) is 0 Å². The van der Waals surface area contributed by atoms with E-state index in [4.69, 9.17) is 4.74 Å². The first kappa shape index (κ1) is 23.6. The standard InChI is InChI=1S/C22H26N2O4S3/c1-4-16-5-10-19-20(15-16)30-22(24(19)12-13-29-3)23-21(25)11-14-31(26,27)18-8-6-17(28-2)7-9-18/h5-10,15H,4,11-14H2,1-3H3. The number of hydrogen-bond donors (Lipinski definition) is 0. The number of hydrogen-bond acceptors (Lipinski definition) is 6. The molecule has 0 N–H and O–H groups in total. The van der Waals surface area contributed by atoms with Crippen molar-refractivity contribution in [3.8, 4) is 5.75 Å². The lowest BCUT2D eigenvalue weighted by molar-refractivity contribution is -0.117. The van der Waals surface area contributed by atoms with E-state index in [9.17, 15) is 13.2 Å². The summed E-state index contributed by atoms with van der Waals surface area (Å²) >= 11 is 3.20. The van der Waals surface area contributed by atoms with Crippen molar-refractivity contribution in [2.75, 3.05) is 24.9 Å². The van der Waals surface area contributed by atoms with Crippen molar-refractivity contribution in [3.05, 3.63) is 52.8 Å². The zero-order chi connectivity index (χ0) is 22.4. The number of aromatic nitrogens is 1. The SMILES string of the molecule is CCc1ccc2c(c1)sc(=NC(=O)CCS(=O)(=O)c1ccc(OC)cc1)n2CCSC. The maximum Gasteiger partial charge on any atom is 0.249 e. The number of ether oxygens (including phenoxy) is 1. The van der Waals surface area contributed by atoms with Crippen LogP contribution in [0.4, 0.5) is 0 Å². The molecule has 1 amide bonds. The lowest BCUT2D eigenvalue weighted by atomic mass is 10.2. The molecule has 2 aromatic carbocycles. The molecule has 31 heavy (non-hydrogen) atoms. The highest BCUT2D eigenvalue weighted by Crippen LogP contribution is 2.21. The largest absolute Gasteiger partial charge is 0.497 e. The fourth-order valence-electron chi connectivity index (χ4n) is 3.11. The highest BCUT2D eigenvalue weighted by molar-refractivity contribution is 7.98. The first-order chi connectivity index (χ1) is 14.9. The van der Waals surface area contributed by atoms with E-state index < -0.39 is 15.7 Å². The molecule has 0 unspecified atom stereocenters. The normalized spacial score (nSPS) is 12.4. The zero-order valence-corrected chi connectivity index (χ0v) is 20.3. The number of sulfone groups is 1. The van der Waals surface area contributed by atoms with Gasteiger partial charge in [-0.05, 0) is 54.6 Å². The van der Waals surface area contributed by atoms with Crippen molar-refractivity contribution in [2.45, 2.75) is 31.2 Å². The third kappa shape index (κ3) is 5.78. The van der Waals surface area contributed by atoms with Gasteiger partial charge in [-0.15, -0.1) is 0 Å². The summed E-state index contributed by atoms with van der Waals surface area (Å²) in [5.74, 6) is 0.763. The average Bonchev–Trinajstić information content (AvgIpc) is 3.12. The molecule has 1 aromatic heterocycles. The predicted molar refractivity (Wildman–Crippen MR) is 128 cm³/mol. The Morgan fingerprint density at radius 1 is 1.19 bits per heavy atom. The topological polar surface area (TPSA) is 77.7 Å². The smallest absolute Gasteiger partial charge is 0.249 e. The van der Waals surface area contributed by atoms with Crippen molar-refractivity contribution in [1.29, 1.82) is 0 Å². The van der Waals surface area contributed by atoms with Gasteiger partial charge in [0, 0.05) is 18.7 Å². The number of nitrogens with zero attached hydrogens (tertiary/aromatic N) is 2. The number of benzene rings is 2. The maximum absolute atomic E-state index is 12.6. The Morgan fingerprint density at radius 3 is 2.58 bits per heavy atom. The Balaban J connectivity index is 1.83. The molecule has 0 atom stereocenters. The second-order valence-corrected chi connectivity index (χ2v) is 11.0. The third-order valence-corrected chi connectivity index (χ3v) is 8.26. The maximum atomic E-state index is 12.6. The van der Waals surface area contributed by atoms with Crippen LogP contribution in [0.1, 0.15) is 18.9 Å². The molecule has 0 saturated carbocycles. The quantitative estimate of drug-likeness (QED) is 0.466. The Bertz CT molecular complexity index is 1230. The molecule has 0 aliphatic carbocycles. The molecule has 3 aromatic rings. The van der Waals surface area contributed by atoms with Crippen molar-refractivity contribution in [2.24, 2.45) is 4.99 Å². The second-order valence-electron chi connectivity index (χ2n) is 6.93. The Kier molecular flexibility index (Phi) is 7.96. The third-order valence-electron chi connectivity index (χ3n) is 4.90. The molecule has 6 nitrogen and oxygen atoms in total. The lowest BCUT2D eigenvalue weighted by Crippen LogP contribution is -2.19. The molecule has 166 valence electrons. The Morgan fingerprint density at radius 2 is 1.94 bits per heavy atom. The number of methoxy groups -OCH3 is 1. The highest BCUT2D eigenvalue weighted by atomic mass is 32.2. The monoisotopic (exact) mass is 478 g/mol. The summed E-state index contributed by atoms with van der Waals surface area (Å²) < 4.78 is 33.3. The minimum Gasteiger partial charge on any atom is -0.497 e. The summed E-state index contributed by atoms with van der Waals surface area (Å²) in [6, 6.07) is 12.5. The first-order valence-corrected chi connectivity index (χ1v) is 13.8. The molecular formula is C22H26N2O4S3. The van der Waals surface area contributed by atoms with Crippen LogP contribution < -0.4 is 9.54 Å². The summed E-state index contributed by atoms with van der Waals surface area (Å²) in [6.07, 6.45) is 2.81. The molecule has 0 saturated heterocycles. The number of thioether (sulfide) groups is 1. The zero-order valence-electron chi connectivity index (χ0n) is 17.8. The number of fused-ring (bicyclic) bond motifs is 1. The van der Waals surface area contributed by atoms with Gasteiger partial charge in [-0.25, -0.2) is 8.42 Å². The van der Waals surface area contributed by atoms with Gasteiger partial charge in [-0.1, -0.05) is 24.3 Å². The summed E-state index contributed by atoms with van der Waals surface area (Å²) in [4.78, 5) is 17.6. The average molecular weight is 479 g/mol. The molecule has 9 heteroatoms. The van der Waals surface area contributed by atoms with Crippen LogP contribution in [-0.4, -0.2) is 43.8 Å². The Labute approximate surface area is 190 Å². The van der Waals surface area contributed by atoms with E-state index in [2.05, 4.69) is 30.1 Å². The van der Waals surface area contributed by atoms with E-state index in [1.165, 1.54) is 36.1 Å². The van der Waals surface area contributed by atoms with E-state index >= 15 is 0 Å². The number of thiazole rings is 1. The van der Waals surface area contributed by atoms with Crippen LogP contribution in [0, 0.1) is 0 Å². The molecule has 0 spiro atoms. The van der Waals surface area contributed by atoms with E-state index in [-0.39, 0.29) is 17.1 Å². The second kappa shape index (κ2) is 10.5. The van der Waals surface area contributed by atoms with Crippen LogP contribution in [0.5, 0.6) is 5.75 Å². The van der Waals surface area contributed by atoms with Crippen molar-refractivity contribution < 1.29 is 17.9 Å². The van der Waals surface area contributed by atoms with E-state index in [0.717, 1.165) is 28.9 Å². The van der Waals surface area contributed by atoms with Gasteiger partial charge < -0.3 is 9.30 Å². The molecule has 0 aliphatic rings. The molecular weight excluding hydrogens is 452 g/mol. The Hall–Kier alpha value is -2.10. The van der Waals surface area contributed by atoms with Crippen molar-refractivity contribution in [3.63, 3.8) is 0 Å². The van der Waals surface area contributed by atoms with Gasteiger partial charge in [0.25, 0.3) is 0 Å². The first-order valence-electron chi connectivity index (χ1n) is 9.93. The van der Waals surface area contributed by atoms with Gasteiger partial charge in [0.2, 0.25) is 5.91 Å². The molecule has 0 fully saturated rings. The molecule has 0 bridgehead atoms. The van der Waals surface area contributed by atoms with Gasteiger partial charge in [0.1, 0.15) is 5.75 Å². The van der Waals surface area contributed by atoms with Gasteiger partial charge in [-0.3, -0.25) is 4.79 Å². The summed E-state index contributed by atoms with van der Waals surface area (Å²) in [5.41, 5.74) is 2.28. The molecule has 3 rings (SSSR count). The van der Waals surface area contributed by atoms with E-state index in [1.54, 1.807) is 23.9 Å². The molecule has 0 aliphatic heterocycles. The van der Waals surface area contributed by atoms with Crippen LogP contribution in [0.15, 0.2) is 52.4 Å². The number of aryl methyl sites for hydroxylation is 2. The number of carbonyl (C=O) groups excluding carboxylic acids is 1.